The van der Waals surface area contributed by atoms with Gasteiger partial charge in [-0.25, -0.2) is 0 Å². The summed E-state index contributed by atoms with van der Waals surface area (Å²) in [6, 6.07) is 3.82. The number of hydrogen-bond donors (Lipinski definition) is 0. The first-order valence-corrected chi connectivity index (χ1v) is 7.40. The Morgan fingerprint density at radius 1 is 1.09 bits per heavy atom. The van der Waals surface area contributed by atoms with E-state index < -0.39 is 0 Å². The van der Waals surface area contributed by atoms with Gasteiger partial charge in [-0.15, -0.1) is 6.42 Å². The first-order valence-electron chi connectivity index (χ1n) is 7.40. The van der Waals surface area contributed by atoms with Crippen LogP contribution in [0.2, 0.25) is 0 Å². The highest BCUT2D eigenvalue weighted by Crippen LogP contribution is 2.42. The summed E-state index contributed by atoms with van der Waals surface area (Å²) < 4.78 is 11.2. The van der Waals surface area contributed by atoms with Crippen LogP contribution < -0.4 is 9.47 Å². The van der Waals surface area contributed by atoms with Crippen molar-refractivity contribution in [2.45, 2.75) is 59.3 Å². The third-order valence-electron chi connectivity index (χ3n) is 3.25. The minimum absolute atomic E-state index is 0.194. The molecule has 22 heavy (non-hydrogen) atoms. The van der Waals surface area contributed by atoms with Crippen molar-refractivity contribution in [3.63, 3.8) is 0 Å². The smallest absolute Gasteiger partial charge is 0.308 e. The lowest BCUT2D eigenvalue weighted by Gasteiger charge is -2.29. The predicted octanol–water partition coefficient (Wildman–Crippen LogP) is 4.22. The Balaban J connectivity index is 3.62. The van der Waals surface area contributed by atoms with E-state index in [0.29, 0.717) is 11.5 Å². The SMILES string of the molecule is C#CCOc1cc(C(C)(C)C)c(OC(C)=O)c(C(C)(C)C)c1. The number of carbonyl (C=O) groups excluding carboxylic acids is 1. The van der Waals surface area contributed by atoms with E-state index in [1.54, 1.807) is 0 Å². The molecule has 0 unspecified atom stereocenters. The molecule has 3 heteroatoms. The molecule has 0 aromatic heterocycles. The maximum atomic E-state index is 11.5. The molecule has 0 aliphatic carbocycles. The van der Waals surface area contributed by atoms with Crippen molar-refractivity contribution in [2.75, 3.05) is 6.61 Å². The van der Waals surface area contributed by atoms with E-state index in [0.717, 1.165) is 11.1 Å². The van der Waals surface area contributed by atoms with Crippen LogP contribution in [-0.4, -0.2) is 12.6 Å². The van der Waals surface area contributed by atoms with Crippen LogP contribution in [0.25, 0.3) is 0 Å². The summed E-state index contributed by atoms with van der Waals surface area (Å²) in [7, 11) is 0. The molecule has 3 nitrogen and oxygen atoms in total. The van der Waals surface area contributed by atoms with E-state index in [9.17, 15) is 4.79 Å². The molecule has 0 N–H and O–H groups in total. The average Bonchev–Trinajstić information content (AvgIpc) is 2.33. The van der Waals surface area contributed by atoms with Crippen molar-refractivity contribution in [2.24, 2.45) is 0 Å². The topological polar surface area (TPSA) is 35.5 Å². The first kappa shape index (κ1) is 18.1. The highest BCUT2D eigenvalue weighted by Gasteiger charge is 2.29. The number of rotatable bonds is 3. The van der Waals surface area contributed by atoms with Crippen LogP contribution >= 0.6 is 0 Å². The van der Waals surface area contributed by atoms with Crippen LogP contribution in [0.5, 0.6) is 11.5 Å². The monoisotopic (exact) mass is 302 g/mol. The van der Waals surface area contributed by atoms with E-state index >= 15 is 0 Å². The van der Waals surface area contributed by atoms with Gasteiger partial charge in [0.1, 0.15) is 18.1 Å². The Hall–Kier alpha value is -1.95. The predicted molar refractivity (Wildman–Crippen MR) is 89.5 cm³/mol. The molecule has 0 atom stereocenters. The summed E-state index contributed by atoms with van der Waals surface area (Å²) in [5, 5.41) is 0. The molecule has 1 aromatic carbocycles. The maximum Gasteiger partial charge on any atom is 0.308 e. The maximum absolute atomic E-state index is 11.5. The van der Waals surface area contributed by atoms with Gasteiger partial charge in [-0.1, -0.05) is 47.5 Å². The standard InChI is InChI=1S/C19H26O3/c1-9-10-21-14-11-15(18(3,4)5)17(22-13(2)20)16(12-14)19(6,7)8/h1,11-12H,10H2,2-8H3. The fourth-order valence-electron chi connectivity index (χ4n) is 2.18. The van der Waals surface area contributed by atoms with Gasteiger partial charge in [0.05, 0.1) is 0 Å². The Labute approximate surface area is 134 Å². The molecule has 1 aromatic rings. The van der Waals surface area contributed by atoms with Gasteiger partial charge in [0, 0.05) is 18.1 Å². The van der Waals surface area contributed by atoms with Crippen LogP contribution in [0.15, 0.2) is 12.1 Å². The van der Waals surface area contributed by atoms with Gasteiger partial charge in [0.15, 0.2) is 0 Å². The van der Waals surface area contributed by atoms with E-state index in [1.807, 2.05) is 12.1 Å². The van der Waals surface area contributed by atoms with Gasteiger partial charge < -0.3 is 9.47 Å². The van der Waals surface area contributed by atoms with Crippen molar-refractivity contribution in [3.8, 4) is 23.8 Å². The molecule has 1 rings (SSSR count). The van der Waals surface area contributed by atoms with Gasteiger partial charge >= 0.3 is 5.97 Å². The van der Waals surface area contributed by atoms with Gasteiger partial charge in [0.25, 0.3) is 0 Å². The molecule has 0 aliphatic heterocycles. The third kappa shape index (κ3) is 4.53. The van der Waals surface area contributed by atoms with Crippen LogP contribution in [0, 0.1) is 12.3 Å². The van der Waals surface area contributed by atoms with Gasteiger partial charge in [0.2, 0.25) is 0 Å². The number of esters is 1. The Bertz CT molecular complexity index is 558. The van der Waals surface area contributed by atoms with Crippen LogP contribution in [0.4, 0.5) is 0 Å². The molecule has 0 amide bonds. The Kier molecular flexibility index (Phi) is 5.30. The molecule has 0 spiro atoms. The zero-order valence-corrected chi connectivity index (χ0v) is 14.7. The van der Waals surface area contributed by atoms with Crippen LogP contribution in [0.3, 0.4) is 0 Å². The molecule has 120 valence electrons. The second-order valence-electron chi connectivity index (χ2n) is 7.43. The summed E-state index contributed by atoms with van der Waals surface area (Å²) >= 11 is 0. The number of ether oxygens (including phenoxy) is 2. The molecular formula is C19H26O3. The number of hydrogen-bond acceptors (Lipinski definition) is 3. The minimum atomic E-state index is -0.326. The fourth-order valence-corrected chi connectivity index (χ4v) is 2.18. The largest absolute Gasteiger partial charge is 0.481 e. The summed E-state index contributed by atoms with van der Waals surface area (Å²) in [5.41, 5.74) is 1.48. The molecule has 0 heterocycles. The van der Waals surface area contributed by atoms with Crippen molar-refractivity contribution in [1.82, 2.24) is 0 Å². The number of carbonyl (C=O) groups is 1. The molecular weight excluding hydrogens is 276 g/mol. The van der Waals surface area contributed by atoms with E-state index in [-0.39, 0.29) is 23.4 Å². The zero-order valence-electron chi connectivity index (χ0n) is 14.7. The van der Waals surface area contributed by atoms with Crippen molar-refractivity contribution >= 4 is 5.97 Å². The highest BCUT2D eigenvalue weighted by atomic mass is 16.5. The van der Waals surface area contributed by atoms with Crippen LogP contribution in [0.1, 0.15) is 59.6 Å². The second kappa shape index (κ2) is 6.44. The summed E-state index contributed by atoms with van der Waals surface area (Å²) in [6.07, 6.45) is 5.28. The Morgan fingerprint density at radius 2 is 1.55 bits per heavy atom. The van der Waals surface area contributed by atoms with Gasteiger partial charge in [-0.05, 0) is 23.0 Å². The second-order valence-corrected chi connectivity index (χ2v) is 7.43. The minimum Gasteiger partial charge on any atom is -0.481 e. The average molecular weight is 302 g/mol. The zero-order chi connectivity index (χ0) is 17.1. The molecule has 0 saturated heterocycles. The molecule has 0 aliphatic rings. The van der Waals surface area contributed by atoms with Gasteiger partial charge in [-0.3, -0.25) is 4.79 Å². The molecule has 0 saturated carbocycles. The van der Waals surface area contributed by atoms with Crippen molar-refractivity contribution < 1.29 is 14.3 Å². The lowest BCUT2D eigenvalue weighted by atomic mass is 9.79. The highest BCUT2D eigenvalue weighted by molar-refractivity contribution is 5.71. The van der Waals surface area contributed by atoms with Crippen molar-refractivity contribution in [1.29, 1.82) is 0 Å². The summed E-state index contributed by atoms with van der Waals surface area (Å²) in [6.45, 7) is 14.1. The summed E-state index contributed by atoms with van der Waals surface area (Å²) in [4.78, 5) is 11.5. The van der Waals surface area contributed by atoms with E-state index in [2.05, 4.69) is 47.5 Å². The normalized spacial score (nSPS) is 11.7. The van der Waals surface area contributed by atoms with E-state index in [4.69, 9.17) is 15.9 Å². The van der Waals surface area contributed by atoms with Gasteiger partial charge in [-0.2, -0.15) is 0 Å². The van der Waals surface area contributed by atoms with Crippen molar-refractivity contribution in [3.05, 3.63) is 23.3 Å². The summed E-state index contributed by atoms with van der Waals surface area (Å²) in [5.74, 6) is 3.47. The first-order chi connectivity index (χ1) is 9.96. The number of benzene rings is 1. The number of terminal acetylenes is 1. The molecule has 0 radical (unpaired) electrons. The third-order valence-corrected chi connectivity index (χ3v) is 3.25. The quantitative estimate of drug-likeness (QED) is 0.476. The lowest BCUT2D eigenvalue weighted by Crippen LogP contribution is -2.21. The van der Waals surface area contributed by atoms with E-state index in [1.165, 1.54) is 6.92 Å². The molecule has 0 fully saturated rings. The molecule has 0 bridgehead atoms. The fraction of sp³-hybridized carbons (Fsp3) is 0.526. The lowest BCUT2D eigenvalue weighted by molar-refractivity contribution is -0.132. The Morgan fingerprint density at radius 3 is 1.86 bits per heavy atom. The van der Waals surface area contributed by atoms with Crippen LogP contribution in [-0.2, 0) is 15.6 Å².